The normalized spacial score (nSPS) is 14.8. The van der Waals surface area contributed by atoms with Gasteiger partial charge in [0.15, 0.2) is 8.32 Å². The number of hydrogen-bond donors (Lipinski definition) is 0. The largest absolute Gasteiger partial charge is 0 e. The van der Waals surface area contributed by atoms with Crippen LogP contribution >= 0.6 is 0 Å². The summed E-state index contributed by atoms with van der Waals surface area (Å²) in [5.41, 5.74) is 0. The molecule has 9 nitrogen and oxygen atoms in total. The maximum Gasteiger partial charge on any atom is 0 e. The minimum absolute atomic E-state index is 0. The summed E-state index contributed by atoms with van der Waals surface area (Å²) in [6, 6.07) is 0. The van der Waals surface area contributed by atoms with Gasteiger partial charge in [-0.25, -0.2) is 4.79 Å². The molecule has 0 aromatic heterocycles. The third-order valence-corrected chi connectivity index (χ3v) is 10.1. The van der Waals surface area contributed by atoms with Crippen molar-refractivity contribution in [2.75, 3.05) is 0 Å². The first kappa shape index (κ1) is 59.3. The maximum atomic E-state index is 12.0. The van der Waals surface area contributed by atoms with Crippen LogP contribution in [-0.2, 0) is 75.4 Å². The summed E-state index contributed by atoms with van der Waals surface area (Å²) >= 11 is 0. The fourth-order valence-electron chi connectivity index (χ4n) is 2.74. The molecule has 4 atom stereocenters. The average molecular weight is 689 g/mol. The third-order valence-electron chi connectivity index (χ3n) is 5.60. The van der Waals surface area contributed by atoms with Crippen LogP contribution in [-0.4, -0.2) is 26.5 Å². The van der Waals surface area contributed by atoms with Crippen LogP contribution in [0.3, 0.4) is 0 Å². The van der Waals surface area contributed by atoms with Gasteiger partial charge in [0.1, 0.15) is 6.10 Å². The average Bonchev–Trinajstić information content (AvgIpc) is 3.72. The van der Waals surface area contributed by atoms with E-state index in [1.165, 1.54) is 0 Å². The second kappa shape index (κ2) is 41.0. The SMILES string of the molecule is C=C[C@H]1C[C@@H]1C[C@@H](C)OC(=O)C#CCC(/C=C/C=C/C)O[Si](C)(C)C(C)(C)C.[C-]#[O+].[C-]#[O+].[C-]#[O+].[C-]#[O+].[C-]#[O+].[C-]#[O+].[Co].[Co]. The Balaban J connectivity index is -0.000000122. The van der Waals surface area contributed by atoms with Crippen LogP contribution in [0.5, 0.6) is 0 Å². The Morgan fingerprint density at radius 2 is 1.43 bits per heavy atom. The zero-order chi connectivity index (χ0) is 33.4. The smallest absolute Gasteiger partial charge is 0 e. The van der Waals surface area contributed by atoms with Gasteiger partial charge in [0.05, 0.1) is 6.10 Å². The van der Waals surface area contributed by atoms with E-state index in [0.29, 0.717) is 18.3 Å². The van der Waals surface area contributed by atoms with Crippen LogP contribution < -0.4 is 0 Å². The van der Waals surface area contributed by atoms with E-state index in [1.807, 2.05) is 44.2 Å². The van der Waals surface area contributed by atoms with E-state index in [0.717, 1.165) is 12.8 Å². The van der Waals surface area contributed by atoms with Crippen LogP contribution in [0, 0.1) is 63.6 Å². The summed E-state index contributed by atoms with van der Waals surface area (Å²) in [5, 5.41) is 0.119. The first-order valence-corrected chi connectivity index (χ1v) is 14.4. The minimum atomic E-state index is -1.92. The number of esters is 1. The van der Waals surface area contributed by atoms with E-state index in [4.69, 9.17) is 37.1 Å². The van der Waals surface area contributed by atoms with Gasteiger partial charge in [-0.1, -0.05) is 57.1 Å². The van der Waals surface area contributed by atoms with Gasteiger partial charge in [0.25, 0.3) is 0 Å². The Morgan fingerprint density at radius 3 is 1.79 bits per heavy atom. The predicted octanol–water partition coefficient (Wildman–Crippen LogP) is 5.82. The number of ether oxygens (including phenoxy) is 1. The van der Waals surface area contributed by atoms with Gasteiger partial charge in [-0.05, 0) is 56.7 Å². The quantitative estimate of drug-likeness (QED) is 0.0438. The van der Waals surface area contributed by atoms with Crippen molar-refractivity contribution in [1.82, 2.24) is 0 Å². The summed E-state index contributed by atoms with van der Waals surface area (Å²) in [5.74, 6) is 6.33. The van der Waals surface area contributed by atoms with Crippen molar-refractivity contribution < 1.29 is 75.4 Å². The second-order valence-corrected chi connectivity index (χ2v) is 13.9. The molecule has 1 saturated carbocycles. The molecule has 1 unspecified atom stereocenters. The first-order valence-electron chi connectivity index (χ1n) is 11.5. The Hall–Kier alpha value is -2.12. The van der Waals surface area contributed by atoms with Crippen molar-refractivity contribution in [3.8, 4) is 11.8 Å². The zero-order valence-corrected chi connectivity index (χ0v) is 27.9. The molecule has 12 heteroatoms. The van der Waals surface area contributed by atoms with Gasteiger partial charge in [-0.15, -0.1) is 6.58 Å². The summed E-state index contributed by atoms with van der Waals surface area (Å²) in [6.45, 7) is 45.8. The van der Waals surface area contributed by atoms with Crippen molar-refractivity contribution in [3.63, 3.8) is 0 Å². The van der Waals surface area contributed by atoms with Gasteiger partial charge in [0.2, 0.25) is 0 Å². The molecule has 0 heterocycles. The van der Waals surface area contributed by atoms with Gasteiger partial charge in [-0.2, -0.15) is 0 Å². The fourth-order valence-corrected chi connectivity index (χ4v) is 4.02. The molecule has 1 aliphatic carbocycles. The van der Waals surface area contributed by atoms with Crippen LogP contribution in [0.2, 0.25) is 18.1 Å². The molecule has 0 bridgehead atoms. The molecule has 0 saturated heterocycles. The van der Waals surface area contributed by atoms with E-state index < -0.39 is 14.3 Å². The summed E-state index contributed by atoms with van der Waals surface area (Å²) in [6.07, 6.45) is 12.2. The zero-order valence-electron chi connectivity index (χ0n) is 24.9. The van der Waals surface area contributed by atoms with Crippen LogP contribution in [0.25, 0.3) is 0 Å². The van der Waals surface area contributed by atoms with Crippen LogP contribution in [0.1, 0.15) is 53.9 Å². The standard InChI is InChI=1S/C24H38O3Si.6CO.2Co/c1-9-11-12-14-22(27-28(7,8)24(4,5)6)15-13-16-23(25)26-19(3)17-21-18-20(21)10-2;6*1-2;;/h9-12,14,19-22H,2,15,17-18H2,1,3-8H3;;;;;;;;/b11-9+,14-12+;;;;;;;;/t19-,20+,21+,22?;;;;;;;;/m1......../s1. The maximum absolute atomic E-state index is 12.0. The number of allylic oxidation sites excluding steroid dienone is 4. The Kier molecular flexibility index (Phi) is 57.9. The molecule has 2 radical (unpaired) electrons. The molecule has 1 rings (SSSR count). The van der Waals surface area contributed by atoms with E-state index in [9.17, 15) is 4.79 Å². The number of carbonyl (C=O) groups is 1. The molecule has 0 aromatic carbocycles. The van der Waals surface area contributed by atoms with Gasteiger partial charge in [-0.3, -0.25) is 0 Å². The van der Waals surface area contributed by atoms with Crippen molar-refractivity contribution in [2.45, 2.75) is 84.2 Å². The van der Waals surface area contributed by atoms with Gasteiger partial charge < -0.3 is 9.16 Å². The van der Waals surface area contributed by atoms with Crippen molar-refractivity contribution >= 4 is 14.3 Å². The molecule has 0 aromatic rings. The number of rotatable bonds is 9. The molecule has 0 aliphatic heterocycles. The van der Waals surface area contributed by atoms with Gasteiger partial charge in [0, 0.05) is 45.9 Å². The molecule has 42 heavy (non-hydrogen) atoms. The molecule has 1 fully saturated rings. The van der Waals surface area contributed by atoms with Gasteiger partial charge >= 0.3 is 73.8 Å². The first-order chi connectivity index (χ1) is 19.0. The Labute approximate surface area is 273 Å². The fraction of sp³-hybridized carbons (Fsp3) is 0.500. The predicted molar refractivity (Wildman–Crippen MR) is 144 cm³/mol. The topological polar surface area (TPSA) is 155 Å². The molecular formula is C30H38Co2O9Si. The molecule has 234 valence electrons. The second-order valence-electron chi connectivity index (χ2n) is 9.18. The molecule has 0 amide bonds. The minimum Gasteiger partial charge on any atom is 0 e. The molecule has 0 N–H and O–H groups in total. The summed E-state index contributed by atoms with van der Waals surface area (Å²) in [7, 11) is -1.92. The summed E-state index contributed by atoms with van der Waals surface area (Å²) in [4.78, 5) is 12.0. The van der Waals surface area contributed by atoms with E-state index in [1.54, 1.807) is 0 Å². The monoisotopic (exact) mass is 688 g/mol. The Morgan fingerprint density at radius 1 is 0.976 bits per heavy atom. The summed E-state index contributed by atoms with van der Waals surface area (Å²) < 4.78 is 56.9. The van der Waals surface area contributed by atoms with Crippen molar-refractivity contribution in [1.29, 1.82) is 0 Å². The van der Waals surface area contributed by atoms with Crippen molar-refractivity contribution in [3.05, 3.63) is 76.9 Å². The van der Waals surface area contributed by atoms with Crippen LogP contribution in [0.15, 0.2) is 37.0 Å². The van der Waals surface area contributed by atoms with E-state index >= 15 is 0 Å². The van der Waals surface area contributed by atoms with Crippen LogP contribution in [0.4, 0.5) is 0 Å². The molecule has 1 aliphatic rings. The third kappa shape index (κ3) is 34.1. The van der Waals surface area contributed by atoms with E-state index in [2.05, 4.69) is 92.2 Å². The number of hydrogen-bond acceptors (Lipinski definition) is 3. The Bertz CT molecular complexity index is 866. The molecule has 0 spiro atoms. The number of carbonyl (C=O) groups excluding carboxylic acids is 1. The van der Waals surface area contributed by atoms with E-state index in [-0.39, 0.29) is 50.8 Å². The molecular weight excluding hydrogens is 650 g/mol. The van der Waals surface area contributed by atoms with Crippen molar-refractivity contribution in [2.24, 2.45) is 11.8 Å².